The Morgan fingerprint density at radius 3 is 2.47 bits per heavy atom. The summed E-state index contributed by atoms with van der Waals surface area (Å²) in [5, 5.41) is 10.8. The van der Waals surface area contributed by atoms with Crippen molar-refractivity contribution in [3.8, 4) is 0 Å². The van der Waals surface area contributed by atoms with Gasteiger partial charge in [0.1, 0.15) is 5.76 Å². The number of carbonyl (C=O) groups is 1. The van der Waals surface area contributed by atoms with Gasteiger partial charge in [0.05, 0.1) is 24.5 Å². The fraction of sp³-hybridized carbons (Fsp3) is 0.700. The van der Waals surface area contributed by atoms with Gasteiger partial charge in [-0.15, -0.1) is 0 Å². The van der Waals surface area contributed by atoms with E-state index in [2.05, 4.69) is 25.5 Å². The van der Waals surface area contributed by atoms with E-state index < -0.39 is 10.0 Å². The Bertz CT molecular complexity index is 1070. The van der Waals surface area contributed by atoms with Crippen molar-refractivity contribution in [1.29, 1.82) is 0 Å². The predicted octanol–water partition coefficient (Wildman–Crippen LogP) is 1.09. The van der Waals surface area contributed by atoms with Gasteiger partial charge in [-0.2, -0.15) is 4.98 Å². The second-order valence-electron chi connectivity index (χ2n) is 9.05. The monoisotopic (exact) mass is 466 g/mol. The van der Waals surface area contributed by atoms with Crippen molar-refractivity contribution in [2.45, 2.75) is 52.6 Å². The Labute approximate surface area is 187 Å². The predicted molar refractivity (Wildman–Crippen MR) is 114 cm³/mol. The van der Waals surface area contributed by atoms with Crippen LogP contribution in [0.25, 0.3) is 0 Å². The molecule has 4 heterocycles. The lowest BCUT2D eigenvalue weighted by Gasteiger charge is -2.38. The molecule has 1 atom stereocenters. The average Bonchev–Trinajstić information content (AvgIpc) is 3.38. The number of sulfonamides is 1. The summed E-state index contributed by atoms with van der Waals surface area (Å²) in [5.74, 6) is 1.63. The Morgan fingerprint density at radius 2 is 1.91 bits per heavy atom. The van der Waals surface area contributed by atoms with Crippen LogP contribution < -0.4 is 5.32 Å². The maximum atomic E-state index is 12.8. The highest BCUT2D eigenvalue weighted by molar-refractivity contribution is 7.88. The van der Waals surface area contributed by atoms with Crippen LogP contribution in [0.4, 0.5) is 0 Å². The number of piperidine rings is 1. The SMILES string of the molecule is Cc1noc(C2CC3(CCN(S(C)(=O)=O)CC3)CN2CC(=O)NCc2c(C)noc2C)n1. The second kappa shape index (κ2) is 8.56. The molecule has 2 aliphatic heterocycles. The number of carbonyl (C=O) groups excluding carboxylic acids is 1. The van der Waals surface area contributed by atoms with Crippen LogP contribution >= 0.6 is 0 Å². The zero-order valence-corrected chi connectivity index (χ0v) is 19.7. The molecule has 2 aliphatic rings. The topological polar surface area (TPSA) is 135 Å². The smallest absolute Gasteiger partial charge is 0.244 e. The highest BCUT2D eigenvalue weighted by Gasteiger charge is 2.49. The van der Waals surface area contributed by atoms with Crippen LogP contribution in [-0.4, -0.2) is 71.3 Å². The molecule has 1 unspecified atom stereocenters. The summed E-state index contributed by atoms with van der Waals surface area (Å²) < 4.78 is 36.0. The molecule has 0 aliphatic carbocycles. The quantitative estimate of drug-likeness (QED) is 0.663. The number of hydrogen-bond donors (Lipinski definition) is 1. The maximum Gasteiger partial charge on any atom is 0.244 e. The molecule has 0 radical (unpaired) electrons. The number of likely N-dealkylation sites (tertiary alicyclic amines) is 1. The van der Waals surface area contributed by atoms with Crippen LogP contribution in [0.15, 0.2) is 9.05 Å². The molecular weight excluding hydrogens is 436 g/mol. The van der Waals surface area contributed by atoms with Gasteiger partial charge in [0.2, 0.25) is 21.8 Å². The van der Waals surface area contributed by atoms with Gasteiger partial charge in [-0.05, 0) is 45.4 Å². The van der Waals surface area contributed by atoms with Crippen LogP contribution in [-0.2, 0) is 21.4 Å². The minimum atomic E-state index is -3.20. The van der Waals surface area contributed by atoms with E-state index in [1.807, 2.05) is 13.8 Å². The lowest BCUT2D eigenvalue weighted by Crippen LogP contribution is -2.44. The highest BCUT2D eigenvalue weighted by Crippen LogP contribution is 2.48. The van der Waals surface area contributed by atoms with E-state index in [-0.39, 0.29) is 23.9 Å². The molecule has 1 amide bonds. The fourth-order valence-corrected chi connectivity index (χ4v) is 5.68. The molecular formula is C20H30N6O5S. The van der Waals surface area contributed by atoms with Crippen molar-refractivity contribution in [1.82, 2.24) is 29.8 Å². The minimum absolute atomic E-state index is 0.0871. The van der Waals surface area contributed by atoms with Crippen molar-refractivity contribution >= 4 is 15.9 Å². The maximum absolute atomic E-state index is 12.8. The van der Waals surface area contributed by atoms with E-state index in [0.717, 1.165) is 30.5 Å². The molecule has 1 spiro atoms. The lowest BCUT2D eigenvalue weighted by atomic mass is 9.77. The zero-order chi connectivity index (χ0) is 23.1. The minimum Gasteiger partial charge on any atom is -0.361 e. The third kappa shape index (κ3) is 4.71. The molecule has 2 saturated heterocycles. The number of hydrogen-bond acceptors (Lipinski definition) is 9. The molecule has 0 bridgehead atoms. The number of aromatic nitrogens is 3. The first-order valence-corrected chi connectivity index (χ1v) is 12.6. The highest BCUT2D eigenvalue weighted by atomic mass is 32.2. The molecule has 0 aromatic carbocycles. The number of aryl methyl sites for hydroxylation is 3. The van der Waals surface area contributed by atoms with Gasteiger partial charge < -0.3 is 14.4 Å². The van der Waals surface area contributed by atoms with Crippen LogP contribution in [0, 0.1) is 26.2 Å². The van der Waals surface area contributed by atoms with E-state index in [0.29, 0.717) is 43.7 Å². The average molecular weight is 467 g/mol. The molecule has 2 fully saturated rings. The summed E-state index contributed by atoms with van der Waals surface area (Å²) in [6.07, 6.45) is 3.48. The van der Waals surface area contributed by atoms with E-state index in [4.69, 9.17) is 9.05 Å². The van der Waals surface area contributed by atoms with Crippen molar-refractivity contribution < 1.29 is 22.3 Å². The number of amides is 1. The van der Waals surface area contributed by atoms with Crippen LogP contribution in [0.3, 0.4) is 0 Å². The summed E-state index contributed by atoms with van der Waals surface area (Å²) in [6, 6.07) is -0.175. The van der Waals surface area contributed by atoms with Crippen molar-refractivity contribution in [3.05, 3.63) is 28.7 Å². The summed E-state index contributed by atoms with van der Waals surface area (Å²) >= 11 is 0. The van der Waals surface area contributed by atoms with E-state index in [9.17, 15) is 13.2 Å². The summed E-state index contributed by atoms with van der Waals surface area (Å²) in [5.41, 5.74) is 1.56. The van der Waals surface area contributed by atoms with Gasteiger partial charge in [-0.25, -0.2) is 12.7 Å². The molecule has 1 N–H and O–H groups in total. The Balaban J connectivity index is 1.46. The molecule has 32 heavy (non-hydrogen) atoms. The normalized spacial score (nSPS) is 21.9. The summed E-state index contributed by atoms with van der Waals surface area (Å²) in [6.45, 7) is 7.63. The molecule has 0 saturated carbocycles. The molecule has 4 rings (SSSR count). The Kier molecular flexibility index (Phi) is 6.12. The summed E-state index contributed by atoms with van der Waals surface area (Å²) in [7, 11) is -3.20. The first-order valence-electron chi connectivity index (χ1n) is 10.7. The third-order valence-corrected chi connectivity index (χ3v) is 7.98. The second-order valence-corrected chi connectivity index (χ2v) is 11.0. The largest absolute Gasteiger partial charge is 0.361 e. The molecule has 2 aromatic heterocycles. The van der Waals surface area contributed by atoms with Crippen LogP contribution in [0.2, 0.25) is 0 Å². The third-order valence-electron chi connectivity index (χ3n) is 6.68. The first kappa shape index (κ1) is 22.9. The molecule has 2 aromatic rings. The van der Waals surface area contributed by atoms with Gasteiger partial charge in [0.15, 0.2) is 5.82 Å². The van der Waals surface area contributed by atoms with Gasteiger partial charge >= 0.3 is 0 Å². The molecule has 12 heteroatoms. The number of nitrogens with one attached hydrogen (secondary N) is 1. The van der Waals surface area contributed by atoms with Crippen LogP contribution in [0.5, 0.6) is 0 Å². The van der Waals surface area contributed by atoms with E-state index in [1.165, 1.54) is 10.6 Å². The molecule has 176 valence electrons. The Morgan fingerprint density at radius 1 is 1.19 bits per heavy atom. The van der Waals surface area contributed by atoms with Gasteiger partial charge in [0.25, 0.3) is 0 Å². The van der Waals surface area contributed by atoms with Crippen molar-refractivity contribution in [2.75, 3.05) is 32.4 Å². The van der Waals surface area contributed by atoms with Crippen molar-refractivity contribution in [3.63, 3.8) is 0 Å². The molecule has 11 nitrogen and oxygen atoms in total. The number of rotatable bonds is 6. The van der Waals surface area contributed by atoms with E-state index >= 15 is 0 Å². The zero-order valence-electron chi connectivity index (χ0n) is 18.9. The van der Waals surface area contributed by atoms with Gasteiger partial charge in [0, 0.05) is 31.7 Å². The number of nitrogens with zero attached hydrogens (tertiary/aromatic N) is 5. The van der Waals surface area contributed by atoms with Gasteiger partial charge in [-0.3, -0.25) is 9.69 Å². The standard InChI is InChI=1S/C20H30N6O5S/c1-13-16(14(2)30-23-13)10-21-18(27)11-25-12-20(5-7-26(8-6-20)32(4,28)29)9-17(25)19-22-15(3)24-31-19/h17H,5-12H2,1-4H3,(H,21,27). The summed E-state index contributed by atoms with van der Waals surface area (Å²) in [4.78, 5) is 19.3. The van der Waals surface area contributed by atoms with Crippen LogP contribution in [0.1, 0.15) is 54.0 Å². The lowest BCUT2D eigenvalue weighted by molar-refractivity contribution is -0.122. The Hall–Kier alpha value is -2.31. The van der Waals surface area contributed by atoms with Gasteiger partial charge in [-0.1, -0.05) is 10.3 Å². The van der Waals surface area contributed by atoms with Crippen molar-refractivity contribution in [2.24, 2.45) is 5.41 Å². The first-order chi connectivity index (χ1) is 15.1. The van der Waals surface area contributed by atoms with E-state index in [1.54, 1.807) is 6.92 Å². The fourth-order valence-electron chi connectivity index (χ4n) is 4.84.